The van der Waals surface area contributed by atoms with Crippen LogP contribution in [0.1, 0.15) is 49.8 Å². The highest BCUT2D eigenvalue weighted by atomic mass is 19.1. The van der Waals surface area contributed by atoms with E-state index in [0.717, 1.165) is 18.4 Å². The van der Waals surface area contributed by atoms with Crippen molar-refractivity contribution in [2.75, 3.05) is 25.4 Å². The van der Waals surface area contributed by atoms with Crippen LogP contribution in [0, 0.1) is 5.82 Å². The van der Waals surface area contributed by atoms with Gasteiger partial charge in [-0.3, -0.25) is 4.79 Å². The molecule has 0 saturated carbocycles. The zero-order valence-electron chi connectivity index (χ0n) is 18.5. The maximum atomic E-state index is 14.1. The van der Waals surface area contributed by atoms with Gasteiger partial charge < -0.3 is 24.8 Å². The van der Waals surface area contributed by atoms with Gasteiger partial charge in [0.1, 0.15) is 0 Å². The minimum absolute atomic E-state index is 0.167. The molecule has 0 bridgehead atoms. The molecule has 2 N–H and O–H groups in total. The third kappa shape index (κ3) is 5.68. The summed E-state index contributed by atoms with van der Waals surface area (Å²) in [6.45, 7) is 2.18. The quantitative estimate of drug-likeness (QED) is 0.620. The van der Waals surface area contributed by atoms with E-state index in [0.29, 0.717) is 49.9 Å². The number of carbonyl (C=O) groups excluding carboxylic acids is 1. The first kappa shape index (κ1) is 23.2. The van der Waals surface area contributed by atoms with Crippen LogP contribution in [0.5, 0.6) is 11.6 Å². The van der Waals surface area contributed by atoms with Crippen molar-refractivity contribution in [3.63, 3.8) is 0 Å². The fourth-order valence-corrected chi connectivity index (χ4v) is 4.02. The van der Waals surface area contributed by atoms with Crippen LogP contribution in [0.3, 0.4) is 0 Å². The summed E-state index contributed by atoms with van der Waals surface area (Å²) in [5.74, 6) is -0.270. The molecule has 4 rings (SSSR count). The van der Waals surface area contributed by atoms with Crippen LogP contribution >= 0.6 is 0 Å². The van der Waals surface area contributed by atoms with Crippen molar-refractivity contribution in [2.24, 2.45) is 0 Å². The van der Waals surface area contributed by atoms with Gasteiger partial charge >= 0.3 is 0 Å². The summed E-state index contributed by atoms with van der Waals surface area (Å²) in [6.07, 6.45) is 4.43. The van der Waals surface area contributed by atoms with Gasteiger partial charge in [0.25, 0.3) is 5.91 Å². The molecular weight excluding hydrogens is 434 g/mol. The summed E-state index contributed by atoms with van der Waals surface area (Å²) in [6, 6.07) is 4.04. The van der Waals surface area contributed by atoms with Crippen molar-refractivity contribution >= 4 is 11.9 Å². The van der Waals surface area contributed by atoms with Gasteiger partial charge in [-0.2, -0.15) is 4.98 Å². The Labute approximate surface area is 191 Å². The number of amides is 1. The highest BCUT2D eigenvalue weighted by Gasteiger charge is 2.29. The predicted octanol–water partition coefficient (Wildman–Crippen LogP) is 3.47. The molecular formula is C23H28F2N4O4. The number of nitrogens with one attached hydrogen (secondary N) is 2. The molecule has 8 nitrogen and oxygen atoms in total. The number of rotatable bonds is 8. The van der Waals surface area contributed by atoms with Crippen LogP contribution in [-0.2, 0) is 16.0 Å². The average Bonchev–Trinajstić information content (AvgIpc) is 2.84. The summed E-state index contributed by atoms with van der Waals surface area (Å²) in [4.78, 5) is 21.8. The molecule has 1 aromatic carbocycles. The number of aryl methyl sites for hydroxylation is 1. The number of fused-ring (bicyclic) bond motifs is 1. The van der Waals surface area contributed by atoms with Gasteiger partial charge in [0.05, 0.1) is 6.04 Å². The third-order valence-electron chi connectivity index (χ3n) is 5.89. The number of ether oxygens (including phenoxy) is 3. The summed E-state index contributed by atoms with van der Waals surface area (Å²) < 4.78 is 42.4. The van der Waals surface area contributed by atoms with Crippen molar-refractivity contribution < 1.29 is 27.8 Å². The Morgan fingerprint density at radius 1 is 1.30 bits per heavy atom. The van der Waals surface area contributed by atoms with Crippen LogP contribution < -0.4 is 20.1 Å². The largest absolute Gasteiger partial charge is 0.464 e. The normalized spacial score (nSPS) is 19.2. The minimum atomic E-state index is -1.11. The van der Waals surface area contributed by atoms with E-state index in [2.05, 4.69) is 25.3 Å². The van der Waals surface area contributed by atoms with E-state index in [4.69, 9.17) is 9.47 Å². The lowest BCUT2D eigenvalue weighted by Gasteiger charge is -2.27. The average molecular weight is 462 g/mol. The van der Waals surface area contributed by atoms with E-state index < -0.39 is 24.8 Å². The van der Waals surface area contributed by atoms with Gasteiger partial charge in [0.15, 0.2) is 17.7 Å². The Morgan fingerprint density at radius 3 is 2.85 bits per heavy atom. The fourth-order valence-electron chi connectivity index (χ4n) is 4.02. The first-order valence-electron chi connectivity index (χ1n) is 11.2. The van der Waals surface area contributed by atoms with Gasteiger partial charge in [-0.1, -0.05) is 13.0 Å². The van der Waals surface area contributed by atoms with E-state index in [1.165, 1.54) is 12.1 Å². The lowest BCUT2D eigenvalue weighted by Crippen LogP contribution is -2.42. The second kappa shape index (κ2) is 10.7. The zero-order valence-corrected chi connectivity index (χ0v) is 18.5. The smallest absolute Gasteiger partial charge is 0.261 e. The van der Waals surface area contributed by atoms with Gasteiger partial charge in [0.2, 0.25) is 18.7 Å². The van der Waals surface area contributed by atoms with E-state index in [-0.39, 0.29) is 17.7 Å². The highest BCUT2D eigenvalue weighted by Crippen LogP contribution is 2.28. The molecule has 0 spiro atoms. The molecule has 178 valence electrons. The maximum Gasteiger partial charge on any atom is 0.261 e. The van der Waals surface area contributed by atoms with Crippen LogP contribution in [0.15, 0.2) is 24.4 Å². The second-order valence-electron chi connectivity index (χ2n) is 8.11. The van der Waals surface area contributed by atoms with Crippen molar-refractivity contribution in [2.45, 2.75) is 57.2 Å². The summed E-state index contributed by atoms with van der Waals surface area (Å²) >= 11 is 0. The monoisotopic (exact) mass is 462 g/mol. The number of nitrogens with zero attached hydrogens (tertiary/aromatic N) is 2. The number of hydrogen-bond donors (Lipinski definition) is 2. The number of benzene rings is 1. The Bertz CT molecular complexity index is 971. The van der Waals surface area contributed by atoms with Crippen molar-refractivity contribution in [1.82, 2.24) is 15.3 Å². The van der Waals surface area contributed by atoms with E-state index in [1.54, 1.807) is 12.3 Å². The molecule has 0 unspecified atom stereocenters. The van der Waals surface area contributed by atoms with E-state index >= 15 is 0 Å². The topological polar surface area (TPSA) is 94.6 Å². The number of hydrogen-bond acceptors (Lipinski definition) is 7. The second-order valence-corrected chi connectivity index (χ2v) is 8.11. The Morgan fingerprint density at radius 2 is 2.12 bits per heavy atom. The maximum absolute atomic E-state index is 14.1. The lowest BCUT2D eigenvalue weighted by molar-refractivity contribution is -0.129. The fraction of sp³-hybridized carbons (Fsp3) is 0.522. The highest BCUT2D eigenvalue weighted by molar-refractivity contribution is 5.82. The lowest BCUT2D eigenvalue weighted by atomic mass is 10.0. The van der Waals surface area contributed by atoms with Crippen molar-refractivity contribution in [3.8, 4) is 11.6 Å². The number of aromatic nitrogens is 2. The van der Waals surface area contributed by atoms with Crippen LogP contribution in [0.2, 0.25) is 0 Å². The number of carbonyl (C=O) groups is 1. The van der Waals surface area contributed by atoms with Crippen LogP contribution in [0.4, 0.5) is 14.7 Å². The molecule has 1 amide bonds. The van der Waals surface area contributed by atoms with Gasteiger partial charge in [-0.05, 0) is 49.8 Å². The molecule has 10 heteroatoms. The summed E-state index contributed by atoms with van der Waals surface area (Å²) in [5.41, 5.74) is 1.42. The van der Waals surface area contributed by atoms with Crippen LogP contribution in [0.25, 0.3) is 0 Å². The molecule has 0 radical (unpaired) electrons. The molecule has 2 atom stereocenters. The summed E-state index contributed by atoms with van der Waals surface area (Å²) in [7, 11) is 0. The van der Waals surface area contributed by atoms with E-state index in [9.17, 15) is 13.6 Å². The Hall–Kier alpha value is -3.01. The molecule has 1 aromatic heterocycles. The molecule has 33 heavy (non-hydrogen) atoms. The van der Waals surface area contributed by atoms with Crippen molar-refractivity contribution in [1.29, 1.82) is 0 Å². The minimum Gasteiger partial charge on any atom is -0.464 e. The first-order valence-corrected chi connectivity index (χ1v) is 11.2. The number of anilines is 1. The number of alkyl halides is 1. The molecule has 1 fully saturated rings. The molecule has 2 aromatic rings. The van der Waals surface area contributed by atoms with Crippen LogP contribution in [-0.4, -0.2) is 48.1 Å². The standard InChI is InChI=1S/C23H28F2N4O4/c1-2-18(14-3-5-19(32-13-24)17(25)11-14)28-21(30)20-6-4-15-12-26-23(29-22(15)33-20)27-16-7-9-31-10-8-16/h3,5,11-12,16,18,20H,2,4,6-10,13H2,1H3,(H,28,30)(H,26,27,29)/t18-,20-/m1/s1. The summed E-state index contributed by atoms with van der Waals surface area (Å²) in [5, 5.41) is 6.23. The zero-order chi connectivity index (χ0) is 23.2. The molecule has 3 heterocycles. The molecule has 2 aliphatic rings. The Kier molecular flexibility index (Phi) is 7.54. The molecule has 1 saturated heterocycles. The van der Waals surface area contributed by atoms with E-state index in [1.807, 2.05) is 6.92 Å². The number of halogens is 2. The molecule has 2 aliphatic heterocycles. The molecule has 0 aliphatic carbocycles. The van der Waals surface area contributed by atoms with Crippen molar-refractivity contribution in [3.05, 3.63) is 41.3 Å². The SMILES string of the molecule is CC[C@@H](NC(=O)[C@H]1CCc2cnc(NC3CCOCC3)nc2O1)c1ccc(OCF)c(F)c1. The van der Waals surface area contributed by atoms with Gasteiger partial charge in [-0.25, -0.2) is 13.8 Å². The van der Waals surface area contributed by atoms with Gasteiger partial charge in [-0.15, -0.1) is 0 Å². The Balaban J connectivity index is 1.40. The van der Waals surface area contributed by atoms with Gasteiger partial charge in [0, 0.05) is 31.0 Å². The predicted molar refractivity (Wildman–Crippen MR) is 116 cm³/mol. The third-order valence-corrected chi connectivity index (χ3v) is 5.89. The first-order chi connectivity index (χ1) is 16.1.